The smallest absolute Gasteiger partial charge is 0.158 e. The molecule has 2 aromatic rings. The van der Waals surface area contributed by atoms with Gasteiger partial charge in [-0.05, 0) is 61.1 Å². The van der Waals surface area contributed by atoms with E-state index >= 15 is 0 Å². The molecule has 2 rings (SSSR count). The molecule has 2 nitrogen and oxygen atoms in total. The second-order valence-corrected chi connectivity index (χ2v) is 7.84. The third-order valence-corrected chi connectivity index (χ3v) is 5.47. The molecule has 0 saturated heterocycles. The second-order valence-electron chi connectivity index (χ2n) is 5.77. The molecule has 0 atom stereocenters. The van der Waals surface area contributed by atoms with Crippen molar-refractivity contribution in [2.75, 3.05) is 0 Å². The van der Waals surface area contributed by atoms with Crippen molar-refractivity contribution in [3.8, 4) is 0 Å². The lowest BCUT2D eigenvalue weighted by Crippen LogP contribution is -2.11. The van der Waals surface area contributed by atoms with Crippen LogP contribution in [-0.2, 0) is 21.3 Å². The first-order valence-electron chi connectivity index (χ1n) is 7.11. The zero-order valence-corrected chi connectivity index (χ0v) is 13.9. The second kappa shape index (κ2) is 6.02. The summed E-state index contributed by atoms with van der Waals surface area (Å²) in [6.45, 7) is 7.88. The first-order valence-corrected chi connectivity index (χ1v) is 8.93. The Morgan fingerprint density at radius 2 is 0.952 bits per heavy atom. The zero-order valence-electron chi connectivity index (χ0n) is 13.1. The number of hydrogen-bond acceptors (Lipinski definition) is 2. The van der Waals surface area contributed by atoms with E-state index in [4.69, 9.17) is 0 Å². The Morgan fingerprint density at radius 3 is 1.24 bits per heavy atom. The Hall–Kier alpha value is -1.61. The largest absolute Gasteiger partial charge is 0.228 e. The van der Waals surface area contributed by atoms with Crippen molar-refractivity contribution < 1.29 is 8.42 Å². The summed E-state index contributed by atoms with van der Waals surface area (Å²) in [5.41, 5.74) is 6.03. The average Bonchev–Trinajstić information content (AvgIpc) is 2.39. The molecular formula is C18H22O2S. The van der Waals surface area contributed by atoms with Crippen LogP contribution in [-0.4, -0.2) is 8.42 Å². The molecule has 3 heteroatoms. The normalized spacial score (nSPS) is 11.6. The maximum atomic E-state index is 12.6. The lowest BCUT2D eigenvalue weighted by atomic mass is 10.0. The average molecular weight is 302 g/mol. The number of benzene rings is 2. The highest BCUT2D eigenvalue weighted by atomic mass is 32.2. The van der Waals surface area contributed by atoms with Gasteiger partial charge in [0, 0.05) is 0 Å². The summed E-state index contributed by atoms with van der Waals surface area (Å²) in [6.07, 6.45) is 0. The lowest BCUT2D eigenvalue weighted by Gasteiger charge is -2.13. The first-order chi connectivity index (χ1) is 9.80. The molecular weight excluding hydrogens is 280 g/mol. The van der Waals surface area contributed by atoms with E-state index < -0.39 is 9.84 Å². The van der Waals surface area contributed by atoms with Crippen LogP contribution in [0.5, 0.6) is 0 Å². The van der Waals surface area contributed by atoms with Gasteiger partial charge >= 0.3 is 0 Å². The standard InChI is InChI=1S/C18H22O2S/c1-13-7-5-8-14(2)17(13)11-21(19,20)12-18-15(3)9-6-10-16(18)4/h5-10H,11-12H2,1-4H3. The van der Waals surface area contributed by atoms with Crippen LogP contribution in [0.25, 0.3) is 0 Å². The Morgan fingerprint density at radius 1 is 0.667 bits per heavy atom. The predicted octanol–water partition coefficient (Wildman–Crippen LogP) is 4.04. The van der Waals surface area contributed by atoms with Crippen molar-refractivity contribution in [2.24, 2.45) is 0 Å². The van der Waals surface area contributed by atoms with E-state index in [9.17, 15) is 8.42 Å². The molecule has 0 saturated carbocycles. The van der Waals surface area contributed by atoms with E-state index in [1.165, 1.54) is 0 Å². The van der Waals surface area contributed by atoms with Gasteiger partial charge < -0.3 is 0 Å². The van der Waals surface area contributed by atoms with Gasteiger partial charge in [0.25, 0.3) is 0 Å². The molecule has 0 amide bonds. The summed E-state index contributed by atoms with van der Waals surface area (Å²) in [6, 6.07) is 11.8. The summed E-state index contributed by atoms with van der Waals surface area (Å²) in [7, 11) is -3.18. The van der Waals surface area contributed by atoms with Gasteiger partial charge in [-0.15, -0.1) is 0 Å². The van der Waals surface area contributed by atoms with Crippen LogP contribution in [0.4, 0.5) is 0 Å². The van der Waals surface area contributed by atoms with Gasteiger partial charge in [0.15, 0.2) is 9.84 Å². The molecule has 112 valence electrons. The molecule has 0 fully saturated rings. The van der Waals surface area contributed by atoms with Crippen LogP contribution in [0.3, 0.4) is 0 Å². The van der Waals surface area contributed by atoms with E-state index in [-0.39, 0.29) is 11.5 Å². The number of aryl methyl sites for hydroxylation is 4. The maximum absolute atomic E-state index is 12.6. The fraction of sp³-hybridized carbons (Fsp3) is 0.333. The summed E-state index contributed by atoms with van der Waals surface area (Å²) < 4.78 is 25.2. The fourth-order valence-electron chi connectivity index (χ4n) is 2.64. The van der Waals surface area contributed by atoms with Crippen molar-refractivity contribution in [3.05, 3.63) is 69.8 Å². The van der Waals surface area contributed by atoms with Crippen LogP contribution in [0.1, 0.15) is 33.4 Å². The molecule has 0 radical (unpaired) electrons. The Kier molecular flexibility index (Phi) is 4.52. The first kappa shape index (κ1) is 15.8. The van der Waals surface area contributed by atoms with Crippen LogP contribution >= 0.6 is 0 Å². The minimum atomic E-state index is -3.18. The molecule has 0 aliphatic carbocycles. The summed E-state index contributed by atoms with van der Waals surface area (Å²) in [4.78, 5) is 0. The quantitative estimate of drug-likeness (QED) is 0.854. The van der Waals surface area contributed by atoms with Crippen LogP contribution in [0.15, 0.2) is 36.4 Å². The summed E-state index contributed by atoms with van der Waals surface area (Å²) in [5.74, 6) is 0.221. The minimum absolute atomic E-state index is 0.110. The molecule has 0 bridgehead atoms. The lowest BCUT2D eigenvalue weighted by molar-refractivity contribution is 0.594. The number of hydrogen-bond donors (Lipinski definition) is 0. The molecule has 0 heterocycles. The summed E-state index contributed by atoms with van der Waals surface area (Å²) in [5, 5.41) is 0. The van der Waals surface area contributed by atoms with E-state index in [2.05, 4.69) is 0 Å². The van der Waals surface area contributed by atoms with E-state index in [1.807, 2.05) is 64.1 Å². The summed E-state index contributed by atoms with van der Waals surface area (Å²) >= 11 is 0. The topological polar surface area (TPSA) is 34.1 Å². The fourth-order valence-corrected chi connectivity index (χ4v) is 4.54. The van der Waals surface area contributed by atoms with Crippen molar-refractivity contribution in [2.45, 2.75) is 39.2 Å². The SMILES string of the molecule is Cc1cccc(C)c1CS(=O)(=O)Cc1c(C)cccc1C. The molecule has 0 N–H and O–H groups in total. The van der Waals surface area contributed by atoms with Crippen LogP contribution < -0.4 is 0 Å². The van der Waals surface area contributed by atoms with Crippen molar-refractivity contribution >= 4 is 9.84 Å². The van der Waals surface area contributed by atoms with Crippen molar-refractivity contribution in [1.82, 2.24) is 0 Å². The molecule has 0 spiro atoms. The van der Waals surface area contributed by atoms with Gasteiger partial charge in [-0.3, -0.25) is 0 Å². The van der Waals surface area contributed by atoms with Gasteiger partial charge in [-0.25, -0.2) is 8.42 Å². The molecule has 21 heavy (non-hydrogen) atoms. The van der Waals surface area contributed by atoms with Gasteiger partial charge in [-0.2, -0.15) is 0 Å². The van der Waals surface area contributed by atoms with E-state index in [0.717, 1.165) is 33.4 Å². The highest BCUT2D eigenvalue weighted by Gasteiger charge is 2.18. The third kappa shape index (κ3) is 3.73. The predicted molar refractivity (Wildman–Crippen MR) is 88.2 cm³/mol. The molecule has 0 aromatic heterocycles. The molecule has 0 aliphatic heterocycles. The monoisotopic (exact) mass is 302 g/mol. The van der Waals surface area contributed by atoms with Gasteiger partial charge in [0.2, 0.25) is 0 Å². The maximum Gasteiger partial charge on any atom is 0.158 e. The van der Waals surface area contributed by atoms with Crippen molar-refractivity contribution in [1.29, 1.82) is 0 Å². The highest BCUT2D eigenvalue weighted by Crippen LogP contribution is 2.22. The van der Waals surface area contributed by atoms with Gasteiger partial charge in [0.05, 0.1) is 11.5 Å². The highest BCUT2D eigenvalue weighted by molar-refractivity contribution is 7.89. The van der Waals surface area contributed by atoms with Crippen LogP contribution in [0.2, 0.25) is 0 Å². The number of rotatable bonds is 4. The van der Waals surface area contributed by atoms with Crippen molar-refractivity contribution in [3.63, 3.8) is 0 Å². The van der Waals surface area contributed by atoms with Gasteiger partial charge in [-0.1, -0.05) is 36.4 Å². The van der Waals surface area contributed by atoms with Gasteiger partial charge in [0.1, 0.15) is 0 Å². The Bertz CT molecular complexity index is 659. The van der Waals surface area contributed by atoms with Crippen LogP contribution in [0, 0.1) is 27.7 Å². The minimum Gasteiger partial charge on any atom is -0.228 e. The molecule has 0 aliphatic rings. The number of sulfone groups is 1. The molecule has 2 aromatic carbocycles. The zero-order chi connectivity index (χ0) is 15.6. The Labute approximate surface area is 127 Å². The van der Waals surface area contributed by atoms with E-state index in [1.54, 1.807) is 0 Å². The van der Waals surface area contributed by atoms with E-state index in [0.29, 0.717) is 0 Å². The third-order valence-electron chi connectivity index (χ3n) is 4.02. The Balaban J connectivity index is 2.32. The molecule has 0 unspecified atom stereocenters.